The zero-order valence-electron chi connectivity index (χ0n) is 10.1. The van der Waals surface area contributed by atoms with Gasteiger partial charge in [-0.15, -0.1) is 12.4 Å². The molecule has 1 aromatic rings. The van der Waals surface area contributed by atoms with Crippen molar-refractivity contribution in [1.82, 2.24) is 5.32 Å². The predicted molar refractivity (Wildman–Crippen MR) is 73.4 cm³/mol. The summed E-state index contributed by atoms with van der Waals surface area (Å²) >= 11 is 0. The molecular weight excluding hydrogens is 238 g/mol. The van der Waals surface area contributed by atoms with Gasteiger partial charge in [-0.25, -0.2) is 0 Å². The van der Waals surface area contributed by atoms with Crippen molar-refractivity contribution in [3.63, 3.8) is 0 Å². The van der Waals surface area contributed by atoms with Crippen LogP contribution in [0.4, 0.5) is 0 Å². The van der Waals surface area contributed by atoms with Crippen LogP contribution < -0.4 is 14.8 Å². The summed E-state index contributed by atoms with van der Waals surface area (Å²) in [7, 11) is 0. The summed E-state index contributed by atoms with van der Waals surface area (Å²) in [6.07, 6.45) is 1.72. The van der Waals surface area contributed by atoms with Gasteiger partial charge in [0.1, 0.15) is 13.2 Å². The van der Waals surface area contributed by atoms with Gasteiger partial charge in [-0.3, -0.25) is 0 Å². The van der Waals surface area contributed by atoms with Crippen molar-refractivity contribution in [2.75, 3.05) is 26.3 Å². The van der Waals surface area contributed by atoms with E-state index >= 15 is 0 Å². The number of ether oxygens (including phenoxy) is 2. The van der Waals surface area contributed by atoms with Crippen LogP contribution >= 0.6 is 12.4 Å². The Kier molecular flexibility index (Phi) is 9.30. The number of nitrogens with one attached hydrogen (secondary N) is 1. The molecular formula is C13H20ClNO2. The summed E-state index contributed by atoms with van der Waals surface area (Å²) in [5.41, 5.74) is 0. The first-order valence-electron chi connectivity index (χ1n) is 5.54. The fourth-order valence-corrected chi connectivity index (χ4v) is 1.25. The molecule has 0 aliphatic rings. The fourth-order valence-electron chi connectivity index (χ4n) is 1.25. The molecule has 0 aliphatic heterocycles. The van der Waals surface area contributed by atoms with Crippen molar-refractivity contribution in [3.8, 4) is 11.5 Å². The summed E-state index contributed by atoms with van der Waals surface area (Å²) < 4.78 is 11.1. The SMILES string of the molecule is C=CCOc1ccccc1OCCNCC.Cl. The second kappa shape index (κ2) is 10.00. The molecule has 0 unspecified atom stereocenters. The van der Waals surface area contributed by atoms with Crippen molar-refractivity contribution >= 4 is 12.4 Å². The molecule has 17 heavy (non-hydrogen) atoms. The van der Waals surface area contributed by atoms with Gasteiger partial charge < -0.3 is 14.8 Å². The van der Waals surface area contributed by atoms with E-state index in [1.165, 1.54) is 0 Å². The Morgan fingerprint density at radius 1 is 1.24 bits per heavy atom. The number of benzene rings is 1. The van der Waals surface area contributed by atoms with Crippen LogP contribution in [0.15, 0.2) is 36.9 Å². The molecule has 0 amide bonds. The number of hydrogen-bond donors (Lipinski definition) is 1. The summed E-state index contributed by atoms with van der Waals surface area (Å²) in [4.78, 5) is 0. The molecule has 4 heteroatoms. The van der Waals surface area contributed by atoms with Gasteiger partial charge in [-0.2, -0.15) is 0 Å². The van der Waals surface area contributed by atoms with E-state index < -0.39 is 0 Å². The van der Waals surface area contributed by atoms with Crippen molar-refractivity contribution < 1.29 is 9.47 Å². The standard InChI is InChI=1S/C13H19NO2.ClH/c1-3-10-15-12-7-5-6-8-13(12)16-11-9-14-4-2;/h3,5-8,14H,1,4,9-11H2,2H3;1H. The van der Waals surface area contributed by atoms with E-state index in [4.69, 9.17) is 9.47 Å². The number of likely N-dealkylation sites (N-methyl/N-ethyl adjacent to an activating group) is 1. The molecule has 0 aromatic heterocycles. The highest BCUT2D eigenvalue weighted by Crippen LogP contribution is 2.26. The number of para-hydroxylation sites is 2. The van der Waals surface area contributed by atoms with E-state index in [2.05, 4.69) is 18.8 Å². The molecule has 0 spiro atoms. The molecule has 0 bridgehead atoms. The Bertz CT molecular complexity index is 318. The van der Waals surface area contributed by atoms with E-state index in [0.717, 1.165) is 24.6 Å². The van der Waals surface area contributed by atoms with Crippen LogP contribution in [0.3, 0.4) is 0 Å². The van der Waals surface area contributed by atoms with E-state index in [1.54, 1.807) is 6.08 Å². The zero-order valence-corrected chi connectivity index (χ0v) is 11.0. The van der Waals surface area contributed by atoms with Gasteiger partial charge >= 0.3 is 0 Å². The third kappa shape index (κ3) is 6.19. The lowest BCUT2D eigenvalue weighted by Gasteiger charge is -2.11. The minimum atomic E-state index is 0. The molecule has 0 radical (unpaired) electrons. The molecule has 1 aromatic carbocycles. The molecule has 3 nitrogen and oxygen atoms in total. The summed E-state index contributed by atoms with van der Waals surface area (Å²) in [6.45, 7) is 8.62. The number of rotatable bonds is 8. The Hall–Kier alpha value is -1.19. The fraction of sp³-hybridized carbons (Fsp3) is 0.385. The first-order chi connectivity index (χ1) is 7.88. The largest absolute Gasteiger partial charge is 0.488 e. The molecule has 96 valence electrons. The maximum atomic E-state index is 5.61. The highest BCUT2D eigenvalue weighted by molar-refractivity contribution is 5.85. The van der Waals surface area contributed by atoms with Crippen molar-refractivity contribution in [1.29, 1.82) is 0 Å². The van der Waals surface area contributed by atoms with Gasteiger partial charge in [-0.1, -0.05) is 31.7 Å². The second-order valence-electron chi connectivity index (χ2n) is 3.25. The molecule has 0 fully saturated rings. The van der Waals surface area contributed by atoms with Crippen LogP contribution in [0, 0.1) is 0 Å². The molecule has 1 rings (SSSR count). The van der Waals surface area contributed by atoms with Crippen LogP contribution in [0.2, 0.25) is 0 Å². The summed E-state index contributed by atoms with van der Waals surface area (Å²) in [6, 6.07) is 7.66. The molecule has 0 saturated heterocycles. The lowest BCUT2D eigenvalue weighted by atomic mass is 10.3. The summed E-state index contributed by atoms with van der Waals surface area (Å²) in [5, 5.41) is 3.20. The van der Waals surface area contributed by atoms with Crippen LogP contribution in [-0.4, -0.2) is 26.3 Å². The quantitative estimate of drug-likeness (QED) is 0.574. The lowest BCUT2D eigenvalue weighted by molar-refractivity contribution is 0.283. The molecule has 0 aliphatic carbocycles. The molecule has 0 saturated carbocycles. The van der Waals surface area contributed by atoms with Gasteiger partial charge in [0.25, 0.3) is 0 Å². The third-order valence-electron chi connectivity index (χ3n) is 1.99. The van der Waals surface area contributed by atoms with Crippen LogP contribution in [-0.2, 0) is 0 Å². The Balaban J connectivity index is 0.00000256. The van der Waals surface area contributed by atoms with Crippen molar-refractivity contribution in [3.05, 3.63) is 36.9 Å². The number of hydrogen-bond acceptors (Lipinski definition) is 3. The Morgan fingerprint density at radius 2 is 1.88 bits per heavy atom. The van der Waals surface area contributed by atoms with Gasteiger partial charge in [-0.05, 0) is 18.7 Å². The Labute approximate surface area is 109 Å². The van der Waals surface area contributed by atoms with E-state index in [-0.39, 0.29) is 12.4 Å². The first-order valence-corrected chi connectivity index (χ1v) is 5.54. The topological polar surface area (TPSA) is 30.5 Å². The minimum absolute atomic E-state index is 0. The maximum Gasteiger partial charge on any atom is 0.161 e. The Morgan fingerprint density at radius 3 is 2.47 bits per heavy atom. The predicted octanol–water partition coefficient (Wildman–Crippen LogP) is 2.66. The normalized spacial score (nSPS) is 9.24. The number of halogens is 1. The van der Waals surface area contributed by atoms with Gasteiger partial charge in [0.05, 0.1) is 0 Å². The third-order valence-corrected chi connectivity index (χ3v) is 1.99. The smallest absolute Gasteiger partial charge is 0.161 e. The lowest BCUT2D eigenvalue weighted by Crippen LogP contribution is -2.20. The van der Waals surface area contributed by atoms with Crippen molar-refractivity contribution in [2.45, 2.75) is 6.92 Å². The highest BCUT2D eigenvalue weighted by atomic mass is 35.5. The molecule has 1 N–H and O–H groups in total. The summed E-state index contributed by atoms with van der Waals surface area (Å²) in [5.74, 6) is 1.54. The monoisotopic (exact) mass is 257 g/mol. The molecule has 0 atom stereocenters. The maximum absolute atomic E-state index is 5.61. The van der Waals surface area contributed by atoms with Gasteiger partial charge in [0.15, 0.2) is 11.5 Å². The average molecular weight is 258 g/mol. The zero-order chi connectivity index (χ0) is 11.6. The van der Waals surface area contributed by atoms with E-state index in [1.807, 2.05) is 24.3 Å². The first kappa shape index (κ1) is 15.8. The molecule has 0 heterocycles. The van der Waals surface area contributed by atoms with Gasteiger partial charge in [0.2, 0.25) is 0 Å². The van der Waals surface area contributed by atoms with E-state index in [9.17, 15) is 0 Å². The van der Waals surface area contributed by atoms with Crippen molar-refractivity contribution in [2.24, 2.45) is 0 Å². The van der Waals surface area contributed by atoms with E-state index in [0.29, 0.717) is 13.2 Å². The van der Waals surface area contributed by atoms with Crippen LogP contribution in [0.25, 0.3) is 0 Å². The van der Waals surface area contributed by atoms with Gasteiger partial charge in [0, 0.05) is 6.54 Å². The van der Waals surface area contributed by atoms with Crippen LogP contribution in [0.1, 0.15) is 6.92 Å². The average Bonchev–Trinajstić information content (AvgIpc) is 2.33. The highest BCUT2D eigenvalue weighted by Gasteiger charge is 2.02. The minimum Gasteiger partial charge on any atom is -0.488 e. The second-order valence-corrected chi connectivity index (χ2v) is 3.25. The van der Waals surface area contributed by atoms with Crippen LogP contribution in [0.5, 0.6) is 11.5 Å².